The van der Waals surface area contributed by atoms with Crippen molar-refractivity contribution in [2.24, 2.45) is 0 Å². The highest BCUT2D eigenvalue weighted by Gasteiger charge is 2.10. The van der Waals surface area contributed by atoms with E-state index in [-0.39, 0.29) is 18.6 Å². The average molecular weight is 290 g/mol. The van der Waals surface area contributed by atoms with Crippen molar-refractivity contribution in [3.63, 3.8) is 0 Å². The summed E-state index contributed by atoms with van der Waals surface area (Å²) in [6.07, 6.45) is 1.53. The minimum Gasteiger partial charge on any atom is -0.480 e. The highest BCUT2D eigenvalue weighted by molar-refractivity contribution is 7.13. The number of carbonyl (C=O) groups is 1. The lowest BCUT2D eigenvalue weighted by molar-refractivity contribution is -0.137. The predicted molar refractivity (Wildman–Crippen MR) is 72.8 cm³/mol. The van der Waals surface area contributed by atoms with Crippen molar-refractivity contribution in [1.82, 2.24) is 19.0 Å². The van der Waals surface area contributed by atoms with Crippen LogP contribution in [0.25, 0.3) is 10.1 Å². The fourth-order valence-electron chi connectivity index (χ4n) is 1.90. The van der Waals surface area contributed by atoms with Crippen LogP contribution in [0.2, 0.25) is 0 Å². The van der Waals surface area contributed by atoms with Crippen molar-refractivity contribution in [2.45, 2.75) is 13.1 Å². The van der Waals surface area contributed by atoms with Crippen LogP contribution >= 0.6 is 11.5 Å². The second kappa shape index (κ2) is 4.89. The highest BCUT2D eigenvalue weighted by atomic mass is 32.1. The molecule has 102 valence electrons. The van der Waals surface area contributed by atoms with Gasteiger partial charge in [-0.3, -0.25) is 13.5 Å². The number of hydrogen-bond acceptors (Lipinski definition) is 5. The highest BCUT2D eigenvalue weighted by Crippen LogP contribution is 2.16. The first-order valence-corrected chi connectivity index (χ1v) is 6.60. The number of carboxylic acid groups (broad SMARTS) is 1. The van der Waals surface area contributed by atoms with Crippen LogP contribution in [0, 0.1) is 0 Å². The van der Waals surface area contributed by atoms with Crippen molar-refractivity contribution in [1.29, 1.82) is 0 Å². The SMILES string of the molecule is O=C(O)Cn1cc(Cn2sc3ccccc3c2=O)nn1. The molecule has 1 aromatic carbocycles. The van der Waals surface area contributed by atoms with E-state index in [1.54, 1.807) is 10.0 Å². The minimum atomic E-state index is -0.986. The number of aromatic nitrogens is 4. The maximum Gasteiger partial charge on any atom is 0.325 e. The monoisotopic (exact) mass is 290 g/mol. The molecule has 0 saturated carbocycles. The van der Waals surface area contributed by atoms with Gasteiger partial charge in [-0.1, -0.05) is 28.9 Å². The molecule has 0 amide bonds. The number of fused-ring (bicyclic) bond motifs is 1. The molecule has 0 atom stereocenters. The Morgan fingerprint density at radius 3 is 2.90 bits per heavy atom. The Bertz CT molecular complexity index is 832. The first-order chi connectivity index (χ1) is 9.63. The fourth-order valence-corrected chi connectivity index (χ4v) is 2.90. The van der Waals surface area contributed by atoms with E-state index in [1.807, 2.05) is 18.2 Å². The van der Waals surface area contributed by atoms with Gasteiger partial charge in [0.05, 0.1) is 22.8 Å². The van der Waals surface area contributed by atoms with E-state index in [1.165, 1.54) is 22.4 Å². The quantitative estimate of drug-likeness (QED) is 0.767. The first-order valence-electron chi connectivity index (χ1n) is 5.83. The number of aliphatic carboxylic acids is 1. The lowest BCUT2D eigenvalue weighted by Gasteiger charge is -1.94. The Hall–Kier alpha value is -2.48. The molecule has 0 aliphatic rings. The molecule has 20 heavy (non-hydrogen) atoms. The normalized spacial score (nSPS) is 11.0. The van der Waals surface area contributed by atoms with E-state index in [0.29, 0.717) is 11.1 Å². The molecule has 0 aliphatic heterocycles. The second-order valence-corrected chi connectivity index (χ2v) is 5.29. The molecular weight excluding hydrogens is 280 g/mol. The lowest BCUT2D eigenvalue weighted by Crippen LogP contribution is -2.13. The van der Waals surface area contributed by atoms with Crippen LogP contribution in [-0.2, 0) is 17.9 Å². The molecule has 2 aromatic heterocycles. The van der Waals surface area contributed by atoms with Gasteiger partial charge in [0, 0.05) is 0 Å². The summed E-state index contributed by atoms with van der Waals surface area (Å²) in [5.41, 5.74) is 0.485. The second-order valence-electron chi connectivity index (χ2n) is 4.23. The summed E-state index contributed by atoms with van der Waals surface area (Å²) in [5.74, 6) is -0.986. The molecule has 0 bridgehead atoms. The molecule has 0 fully saturated rings. The number of nitrogens with zero attached hydrogens (tertiary/aromatic N) is 4. The summed E-state index contributed by atoms with van der Waals surface area (Å²) < 4.78 is 3.73. The minimum absolute atomic E-state index is 0.0709. The Morgan fingerprint density at radius 2 is 2.15 bits per heavy atom. The Kier molecular flexibility index (Phi) is 3.07. The van der Waals surface area contributed by atoms with E-state index in [4.69, 9.17) is 5.11 Å². The number of rotatable bonds is 4. The molecule has 0 spiro atoms. The zero-order valence-electron chi connectivity index (χ0n) is 10.3. The van der Waals surface area contributed by atoms with E-state index in [0.717, 1.165) is 4.70 Å². The Balaban J connectivity index is 1.89. The van der Waals surface area contributed by atoms with E-state index in [2.05, 4.69) is 10.3 Å². The van der Waals surface area contributed by atoms with Gasteiger partial charge >= 0.3 is 5.97 Å². The van der Waals surface area contributed by atoms with Crippen LogP contribution in [0.5, 0.6) is 0 Å². The van der Waals surface area contributed by atoms with Crippen molar-refractivity contribution >= 4 is 27.6 Å². The molecule has 3 aromatic rings. The van der Waals surface area contributed by atoms with Crippen LogP contribution in [-0.4, -0.2) is 30.0 Å². The van der Waals surface area contributed by atoms with Crippen LogP contribution < -0.4 is 5.56 Å². The third-order valence-corrected chi connectivity index (χ3v) is 3.81. The van der Waals surface area contributed by atoms with Gasteiger partial charge in [-0.25, -0.2) is 4.68 Å². The summed E-state index contributed by atoms with van der Waals surface area (Å²) in [4.78, 5) is 22.7. The summed E-state index contributed by atoms with van der Waals surface area (Å²) in [6, 6.07) is 7.38. The van der Waals surface area contributed by atoms with E-state index >= 15 is 0 Å². The van der Waals surface area contributed by atoms with Crippen molar-refractivity contribution in [3.8, 4) is 0 Å². The molecule has 3 rings (SSSR count). The van der Waals surface area contributed by atoms with Crippen LogP contribution in [0.1, 0.15) is 5.69 Å². The third-order valence-electron chi connectivity index (χ3n) is 2.74. The van der Waals surface area contributed by atoms with Gasteiger partial charge < -0.3 is 5.11 Å². The van der Waals surface area contributed by atoms with Gasteiger partial charge in [-0.05, 0) is 12.1 Å². The van der Waals surface area contributed by atoms with Crippen LogP contribution in [0.4, 0.5) is 0 Å². The largest absolute Gasteiger partial charge is 0.480 e. The zero-order valence-corrected chi connectivity index (χ0v) is 11.1. The van der Waals surface area contributed by atoms with Crippen molar-refractivity contribution in [3.05, 3.63) is 46.5 Å². The molecule has 1 N–H and O–H groups in total. The molecular formula is C12H10N4O3S. The van der Waals surface area contributed by atoms with E-state index in [9.17, 15) is 9.59 Å². The molecule has 0 aliphatic carbocycles. The molecule has 0 radical (unpaired) electrons. The summed E-state index contributed by atoms with van der Waals surface area (Å²) >= 11 is 1.35. The molecule has 7 nitrogen and oxygen atoms in total. The van der Waals surface area contributed by atoms with Crippen molar-refractivity contribution in [2.75, 3.05) is 0 Å². The van der Waals surface area contributed by atoms with Crippen LogP contribution in [0.3, 0.4) is 0 Å². The first kappa shape index (κ1) is 12.5. The third kappa shape index (κ3) is 2.32. The standard InChI is InChI=1S/C12H10N4O3S/c17-11(18)7-15-5-8(13-14-15)6-16-12(19)9-3-1-2-4-10(9)20-16/h1-5H,6-7H2,(H,17,18). The summed E-state index contributed by atoms with van der Waals surface area (Å²) in [6.45, 7) is 0.0477. The maximum atomic E-state index is 12.1. The van der Waals surface area contributed by atoms with Gasteiger partial charge in [-0.15, -0.1) is 5.10 Å². The van der Waals surface area contributed by atoms with Gasteiger partial charge in [0.15, 0.2) is 0 Å². The Morgan fingerprint density at radius 1 is 1.35 bits per heavy atom. The lowest BCUT2D eigenvalue weighted by atomic mass is 10.3. The topological polar surface area (TPSA) is 90.0 Å². The molecule has 0 unspecified atom stereocenters. The molecule has 0 saturated heterocycles. The van der Waals surface area contributed by atoms with E-state index < -0.39 is 5.97 Å². The smallest absolute Gasteiger partial charge is 0.325 e. The van der Waals surface area contributed by atoms with Gasteiger partial charge in [-0.2, -0.15) is 0 Å². The number of benzene rings is 1. The zero-order chi connectivity index (χ0) is 14.1. The number of hydrogen-bond donors (Lipinski definition) is 1. The molecule has 8 heteroatoms. The predicted octanol–water partition coefficient (Wildman–Crippen LogP) is 0.787. The van der Waals surface area contributed by atoms with Crippen LogP contribution in [0.15, 0.2) is 35.3 Å². The van der Waals surface area contributed by atoms with Gasteiger partial charge in [0.2, 0.25) is 0 Å². The maximum absolute atomic E-state index is 12.1. The average Bonchev–Trinajstić information content (AvgIpc) is 2.96. The van der Waals surface area contributed by atoms with Crippen molar-refractivity contribution < 1.29 is 9.90 Å². The summed E-state index contributed by atoms with van der Waals surface area (Å²) in [7, 11) is 0. The fraction of sp³-hybridized carbons (Fsp3) is 0.167. The molecule has 2 heterocycles. The number of carboxylic acids is 1. The summed E-state index contributed by atoms with van der Waals surface area (Å²) in [5, 5.41) is 16.9. The Labute approximate surface area is 116 Å². The van der Waals surface area contributed by atoms with Gasteiger partial charge in [0.1, 0.15) is 12.2 Å². The van der Waals surface area contributed by atoms with Gasteiger partial charge in [0.25, 0.3) is 5.56 Å².